The van der Waals surface area contributed by atoms with Crippen molar-refractivity contribution < 1.29 is 80.2 Å². The lowest BCUT2D eigenvalue weighted by atomic mass is 10.0. The molecule has 0 saturated heterocycles. The zero-order chi connectivity index (χ0) is 76.9. The zero-order valence-corrected chi connectivity index (χ0v) is 70.7. The maximum Gasteiger partial charge on any atom is 0.472 e. The van der Waals surface area contributed by atoms with Crippen LogP contribution >= 0.6 is 15.6 Å². The summed E-state index contributed by atoms with van der Waals surface area (Å²) >= 11 is 0. The highest BCUT2D eigenvalue weighted by molar-refractivity contribution is 7.47. The van der Waals surface area contributed by atoms with Crippen LogP contribution in [0, 0.1) is 5.92 Å². The summed E-state index contributed by atoms with van der Waals surface area (Å²) in [6.07, 6.45) is 72.6. The van der Waals surface area contributed by atoms with Crippen LogP contribution in [0.2, 0.25) is 0 Å². The Morgan fingerprint density at radius 2 is 0.438 bits per heavy atom. The van der Waals surface area contributed by atoms with Crippen LogP contribution in [0.4, 0.5) is 0 Å². The van der Waals surface area contributed by atoms with Crippen LogP contribution < -0.4 is 0 Å². The number of hydrogen-bond acceptors (Lipinski definition) is 15. The number of carbonyl (C=O) groups is 4. The molecule has 5 atom stereocenters. The quantitative estimate of drug-likeness (QED) is 0.0222. The second kappa shape index (κ2) is 78.7. The predicted molar refractivity (Wildman–Crippen MR) is 432 cm³/mol. The number of ether oxygens (including phenoxy) is 4. The number of carbonyl (C=O) groups excluding carboxylic acids is 4. The monoisotopic (exact) mass is 1540 g/mol. The normalized spacial score (nSPS) is 13.8. The minimum Gasteiger partial charge on any atom is -0.462 e. The highest BCUT2D eigenvalue weighted by Crippen LogP contribution is 2.45. The maximum absolute atomic E-state index is 13.1. The molecule has 0 bridgehead atoms. The maximum atomic E-state index is 13.1. The van der Waals surface area contributed by atoms with Crippen molar-refractivity contribution in [1.29, 1.82) is 0 Å². The van der Waals surface area contributed by atoms with Gasteiger partial charge in [-0.15, -0.1) is 0 Å². The summed E-state index contributed by atoms with van der Waals surface area (Å²) in [6.45, 7) is 7.27. The van der Waals surface area contributed by atoms with Gasteiger partial charge in [0.1, 0.15) is 19.3 Å². The van der Waals surface area contributed by atoms with Crippen LogP contribution in [-0.4, -0.2) is 96.7 Å². The molecule has 105 heavy (non-hydrogen) atoms. The summed E-state index contributed by atoms with van der Waals surface area (Å²) in [6, 6.07) is 0. The molecule has 0 heterocycles. The van der Waals surface area contributed by atoms with Gasteiger partial charge in [0.05, 0.1) is 26.4 Å². The molecule has 17 nitrogen and oxygen atoms in total. The van der Waals surface area contributed by atoms with E-state index in [9.17, 15) is 43.2 Å². The van der Waals surface area contributed by atoms with Gasteiger partial charge in [0, 0.05) is 25.7 Å². The highest BCUT2D eigenvalue weighted by atomic mass is 31.2. The van der Waals surface area contributed by atoms with Crippen molar-refractivity contribution in [3.8, 4) is 0 Å². The Balaban J connectivity index is 5.19. The number of unbranched alkanes of at least 4 members (excludes halogenated alkanes) is 58. The van der Waals surface area contributed by atoms with Gasteiger partial charge in [0.15, 0.2) is 12.2 Å². The van der Waals surface area contributed by atoms with Crippen molar-refractivity contribution in [2.24, 2.45) is 5.92 Å². The fraction of sp³-hybridized carbons (Fsp3) is 0.953. The first-order chi connectivity index (χ1) is 51.0. The second-order valence-electron chi connectivity index (χ2n) is 31.4. The molecule has 0 aromatic heterocycles. The molecule has 2 unspecified atom stereocenters. The Labute approximate surface area is 645 Å². The van der Waals surface area contributed by atoms with Crippen LogP contribution in [0.25, 0.3) is 0 Å². The van der Waals surface area contributed by atoms with Gasteiger partial charge in [-0.1, -0.05) is 413 Å². The SMILES string of the molecule is CCCCCCCCCCCCCCCCCCCCCCCC(=O)OC[C@H](COP(=O)(O)OC[C@@H](O)COP(=O)(O)OC[C@@H](COC(=O)CCCCCCCCC(C)C)OC(=O)CCCCCCCCCCCCCCCC)OC(=O)CCCCCCCCCCCCCCCCCCCCCCC. The average Bonchev–Trinajstić information content (AvgIpc) is 0.955. The molecule has 0 rings (SSSR count). The molecule has 0 saturated carbocycles. The van der Waals surface area contributed by atoms with E-state index in [-0.39, 0.29) is 25.7 Å². The number of aliphatic hydroxyl groups is 1. The van der Waals surface area contributed by atoms with Crippen molar-refractivity contribution in [2.45, 2.75) is 483 Å². The van der Waals surface area contributed by atoms with Crippen LogP contribution in [0.15, 0.2) is 0 Å². The fourth-order valence-electron chi connectivity index (χ4n) is 13.5. The summed E-state index contributed by atoms with van der Waals surface area (Å²) in [5, 5.41) is 10.7. The van der Waals surface area contributed by atoms with Crippen molar-refractivity contribution in [2.75, 3.05) is 39.6 Å². The van der Waals surface area contributed by atoms with E-state index in [4.69, 9.17) is 37.0 Å². The lowest BCUT2D eigenvalue weighted by Crippen LogP contribution is -2.30. The zero-order valence-electron chi connectivity index (χ0n) is 68.9. The van der Waals surface area contributed by atoms with Gasteiger partial charge in [-0.05, 0) is 31.6 Å². The predicted octanol–water partition coefficient (Wildman–Crippen LogP) is 26.4. The van der Waals surface area contributed by atoms with Gasteiger partial charge in [-0.2, -0.15) is 0 Å². The lowest BCUT2D eigenvalue weighted by molar-refractivity contribution is -0.161. The first kappa shape index (κ1) is 103. The molecule has 0 aromatic rings. The van der Waals surface area contributed by atoms with Crippen LogP contribution in [-0.2, 0) is 65.4 Å². The molecule has 19 heteroatoms. The minimum absolute atomic E-state index is 0.107. The Bertz CT molecular complexity index is 2000. The molecule has 0 aromatic carbocycles. The summed E-state index contributed by atoms with van der Waals surface area (Å²) in [5.41, 5.74) is 0. The topological polar surface area (TPSA) is 237 Å². The van der Waals surface area contributed by atoms with Gasteiger partial charge in [-0.25, -0.2) is 9.13 Å². The smallest absolute Gasteiger partial charge is 0.462 e. The third-order valence-corrected chi connectivity index (χ3v) is 22.2. The Morgan fingerprint density at radius 1 is 0.257 bits per heavy atom. The summed E-state index contributed by atoms with van der Waals surface area (Å²) < 4.78 is 68.8. The molecule has 0 aliphatic carbocycles. The van der Waals surface area contributed by atoms with Gasteiger partial charge in [0.25, 0.3) is 0 Å². The molecule has 0 amide bonds. The number of hydrogen-bond donors (Lipinski definition) is 3. The molecule has 0 aliphatic rings. The van der Waals surface area contributed by atoms with E-state index in [2.05, 4.69) is 34.6 Å². The Morgan fingerprint density at radius 3 is 0.648 bits per heavy atom. The third-order valence-electron chi connectivity index (χ3n) is 20.3. The van der Waals surface area contributed by atoms with Crippen LogP contribution in [0.1, 0.15) is 465 Å². The number of phosphoric acid groups is 2. The Kier molecular flexibility index (Phi) is 77.3. The van der Waals surface area contributed by atoms with Crippen molar-refractivity contribution in [3.63, 3.8) is 0 Å². The summed E-state index contributed by atoms with van der Waals surface area (Å²) in [5.74, 6) is -1.42. The van der Waals surface area contributed by atoms with E-state index >= 15 is 0 Å². The number of aliphatic hydroxyl groups excluding tert-OH is 1. The molecular weight excluding hydrogens is 1370 g/mol. The van der Waals surface area contributed by atoms with Crippen LogP contribution in [0.3, 0.4) is 0 Å². The summed E-state index contributed by atoms with van der Waals surface area (Å²) in [7, 11) is -9.92. The van der Waals surface area contributed by atoms with E-state index in [0.717, 1.165) is 96.3 Å². The molecule has 0 spiro atoms. The van der Waals surface area contributed by atoms with E-state index in [1.54, 1.807) is 0 Å². The first-order valence-electron chi connectivity index (χ1n) is 44.6. The summed E-state index contributed by atoms with van der Waals surface area (Å²) in [4.78, 5) is 73.1. The van der Waals surface area contributed by atoms with Gasteiger partial charge in [0.2, 0.25) is 0 Å². The van der Waals surface area contributed by atoms with E-state index in [1.165, 1.54) is 283 Å². The fourth-order valence-corrected chi connectivity index (χ4v) is 15.1. The molecule has 0 radical (unpaired) electrons. The third kappa shape index (κ3) is 79.9. The van der Waals surface area contributed by atoms with Crippen molar-refractivity contribution >= 4 is 39.5 Å². The van der Waals surface area contributed by atoms with E-state index in [0.29, 0.717) is 31.6 Å². The lowest BCUT2D eigenvalue weighted by Gasteiger charge is -2.21. The highest BCUT2D eigenvalue weighted by Gasteiger charge is 2.30. The number of rotatable bonds is 86. The van der Waals surface area contributed by atoms with Crippen molar-refractivity contribution in [3.05, 3.63) is 0 Å². The second-order valence-corrected chi connectivity index (χ2v) is 34.3. The largest absolute Gasteiger partial charge is 0.472 e. The average molecular weight is 1540 g/mol. The molecule has 624 valence electrons. The van der Waals surface area contributed by atoms with E-state index < -0.39 is 97.5 Å². The number of phosphoric ester groups is 2. The van der Waals surface area contributed by atoms with Gasteiger partial charge < -0.3 is 33.8 Å². The molecule has 3 N–H and O–H groups in total. The van der Waals surface area contributed by atoms with Crippen molar-refractivity contribution in [1.82, 2.24) is 0 Å². The molecular formula is C86H168O17P2. The number of esters is 4. The van der Waals surface area contributed by atoms with Crippen LogP contribution in [0.5, 0.6) is 0 Å². The first-order valence-corrected chi connectivity index (χ1v) is 47.6. The molecule has 0 aliphatic heterocycles. The molecule has 0 fully saturated rings. The Hall–Kier alpha value is -1.94. The van der Waals surface area contributed by atoms with Gasteiger partial charge >= 0.3 is 39.5 Å². The standard InChI is InChI=1S/C86H168O17P2/c1-6-9-12-15-18-21-24-27-30-32-34-36-38-40-42-45-47-50-53-59-64-69-83(88)96-75-81(102-85(90)72-67-62-55-52-49-46-43-41-39-37-35-33-31-28-25-22-19-16-13-10-7-2)77-100-104(92,93)98-73-80(87)74-99-105(94,95)101-78-82(76-97-84(89)70-65-60-57-56-58-63-68-79(4)5)103-86(91)71-66-61-54-51-48-44-29-26-23-20-17-14-11-8-3/h79-82,87H,6-78H2,1-5H3,(H,92,93)(H,94,95)/t80-,81-,82-/m1/s1. The minimum atomic E-state index is -4.97. The van der Waals surface area contributed by atoms with E-state index in [1.807, 2.05) is 0 Å². The van der Waals surface area contributed by atoms with Gasteiger partial charge in [-0.3, -0.25) is 37.3 Å².